The van der Waals surface area contributed by atoms with Crippen LogP contribution in [0.5, 0.6) is 5.75 Å². The minimum Gasteiger partial charge on any atom is -0.497 e. The van der Waals surface area contributed by atoms with E-state index in [9.17, 15) is 14.4 Å². The van der Waals surface area contributed by atoms with Gasteiger partial charge < -0.3 is 20.3 Å². The second kappa shape index (κ2) is 11.1. The van der Waals surface area contributed by atoms with Crippen molar-refractivity contribution in [3.05, 3.63) is 52.2 Å². The molecule has 0 unspecified atom stereocenters. The fourth-order valence-electron chi connectivity index (χ4n) is 3.83. The molecule has 2 atom stereocenters. The highest BCUT2D eigenvalue weighted by Gasteiger charge is 2.34. The molecule has 0 radical (unpaired) electrons. The Balaban J connectivity index is 1.67. The number of ether oxygens (including phenoxy) is 1. The van der Waals surface area contributed by atoms with Gasteiger partial charge in [-0.1, -0.05) is 19.1 Å². The van der Waals surface area contributed by atoms with Gasteiger partial charge in [0.15, 0.2) is 0 Å². The van der Waals surface area contributed by atoms with Crippen LogP contribution in [0.1, 0.15) is 53.1 Å². The Labute approximate surface area is 193 Å². The summed E-state index contributed by atoms with van der Waals surface area (Å²) in [7, 11) is 1.57. The second-order valence-electron chi connectivity index (χ2n) is 8.11. The lowest BCUT2D eigenvalue weighted by molar-refractivity contribution is -0.125. The summed E-state index contributed by atoms with van der Waals surface area (Å²) >= 11 is 1.35. The van der Waals surface area contributed by atoms with Gasteiger partial charge in [0, 0.05) is 24.7 Å². The van der Waals surface area contributed by atoms with Crippen LogP contribution in [-0.2, 0) is 4.79 Å². The number of benzene rings is 1. The number of likely N-dealkylation sites (tertiary alicyclic amines) is 1. The van der Waals surface area contributed by atoms with E-state index in [1.807, 2.05) is 25.3 Å². The minimum atomic E-state index is -0.632. The van der Waals surface area contributed by atoms with E-state index in [1.54, 1.807) is 42.3 Å². The lowest BCUT2D eigenvalue weighted by atomic mass is 9.88. The van der Waals surface area contributed by atoms with Crippen molar-refractivity contribution in [3.8, 4) is 5.75 Å². The Morgan fingerprint density at radius 1 is 1.16 bits per heavy atom. The zero-order valence-electron chi connectivity index (χ0n) is 18.8. The zero-order chi connectivity index (χ0) is 23.1. The van der Waals surface area contributed by atoms with Crippen molar-refractivity contribution in [1.29, 1.82) is 0 Å². The van der Waals surface area contributed by atoms with Crippen molar-refractivity contribution in [2.45, 2.75) is 45.2 Å². The van der Waals surface area contributed by atoms with E-state index >= 15 is 0 Å². The van der Waals surface area contributed by atoms with Gasteiger partial charge in [-0.05, 0) is 61.7 Å². The molecular weight excluding hydrogens is 426 g/mol. The summed E-state index contributed by atoms with van der Waals surface area (Å²) in [5, 5.41) is 7.79. The summed E-state index contributed by atoms with van der Waals surface area (Å²) in [6, 6.07) is 10.1. The number of hydrogen-bond donors (Lipinski definition) is 2. The first-order valence-corrected chi connectivity index (χ1v) is 11.9. The van der Waals surface area contributed by atoms with Crippen molar-refractivity contribution in [3.63, 3.8) is 0 Å². The van der Waals surface area contributed by atoms with Gasteiger partial charge >= 0.3 is 0 Å². The van der Waals surface area contributed by atoms with E-state index in [0.717, 1.165) is 6.42 Å². The molecule has 1 fully saturated rings. The number of thiophene rings is 1. The topological polar surface area (TPSA) is 87.7 Å². The largest absolute Gasteiger partial charge is 0.497 e. The molecule has 1 aromatic carbocycles. The molecule has 1 saturated heterocycles. The van der Waals surface area contributed by atoms with Crippen LogP contribution in [0.15, 0.2) is 41.8 Å². The van der Waals surface area contributed by atoms with Crippen molar-refractivity contribution >= 4 is 29.1 Å². The van der Waals surface area contributed by atoms with Crippen LogP contribution in [0.25, 0.3) is 0 Å². The van der Waals surface area contributed by atoms with E-state index < -0.39 is 6.04 Å². The quantitative estimate of drug-likeness (QED) is 0.637. The van der Waals surface area contributed by atoms with Crippen LogP contribution < -0.4 is 15.4 Å². The van der Waals surface area contributed by atoms with Crippen LogP contribution in [-0.4, -0.2) is 54.9 Å². The summed E-state index contributed by atoms with van der Waals surface area (Å²) in [4.78, 5) is 41.0. The van der Waals surface area contributed by atoms with E-state index in [0.29, 0.717) is 42.1 Å². The average molecular weight is 458 g/mol. The molecule has 7 nitrogen and oxygen atoms in total. The van der Waals surface area contributed by atoms with Gasteiger partial charge in [0.25, 0.3) is 11.8 Å². The summed E-state index contributed by atoms with van der Waals surface area (Å²) in [5.41, 5.74) is 0.583. The third kappa shape index (κ3) is 5.88. The molecule has 0 spiro atoms. The van der Waals surface area contributed by atoms with E-state index in [2.05, 4.69) is 10.6 Å². The third-order valence-electron chi connectivity index (χ3n) is 5.93. The molecule has 0 saturated carbocycles. The Morgan fingerprint density at radius 2 is 1.91 bits per heavy atom. The highest BCUT2D eigenvalue weighted by molar-refractivity contribution is 7.12. The van der Waals surface area contributed by atoms with E-state index in [4.69, 9.17) is 4.74 Å². The molecule has 8 heteroatoms. The summed E-state index contributed by atoms with van der Waals surface area (Å²) in [6.07, 6.45) is 2.09. The predicted molar refractivity (Wildman–Crippen MR) is 125 cm³/mol. The normalized spacial score (nSPS) is 16.2. The summed E-state index contributed by atoms with van der Waals surface area (Å²) < 4.78 is 5.22. The van der Waals surface area contributed by atoms with E-state index in [1.165, 1.54) is 11.3 Å². The fourth-order valence-corrected chi connectivity index (χ4v) is 4.45. The molecule has 1 aliphatic heterocycles. The first-order chi connectivity index (χ1) is 15.4. The van der Waals surface area contributed by atoms with Crippen molar-refractivity contribution in [1.82, 2.24) is 15.5 Å². The number of carbonyl (C=O) groups is 3. The number of rotatable bonds is 8. The standard InChI is InChI=1S/C24H31N3O4S/c1-4-16(2)25-23(29)21(26-22(28)20-9-6-14-32-20)17-10-12-27(13-11-17)24(30)18-7-5-8-19(15-18)31-3/h5-9,14-17,21H,4,10-13H2,1-3H3,(H,25,29)(H,26,28)/t16-,21-/m1/s1. The minimum absolute atomic E-state index is 0.0263. The maximum atomic E-state index is 13.0. The summed E-state index contributed by atoms with van der Waals surface area (Å²) in [6.45, 7) is 5.02. The van der Waals surface area contributed by atoms with Crippen LogP contribution in [0.4, 0.5) is 0 Å². The van der Waals surface area contributed by atoms with Gasteiger partial charge in [0.1, 0.15) is 11.8 Å². The molecule has 2 heterocycles. The van der Waals surface area contributed by atoms with Crippen molar-refractivity contribution < 1.29 is 19.1 Å². The molecule has 1 aromatic heterocycles. The van der Waals surface area contributed by atoms with Gasteiger partial charge in [0.05, 0.1) is 12.0 Å². The number of carbonyl (C=O) groups excluding carboxylic acids is 3. The Morgan fingerprint density at radius 3 is 2.53 bits per heavy atom. The van der Waals surface area contributed by atoms with Gasteiger partial charge in [0.2, 0.25) is 5.91 Å². The first-order valence-electron chi connectivity index (χ1n) is 11.0. The number of nitrogens with zero attached hydrogens (tertiary/aromatic N) is 1. The summed E-state index contributed by atoms with van der Waals surface area (Å²) in [5.74, 6) is 0.146. The fraction of sp³-hybridized carbons (Fsp3) is 0.458. The number of piperidine rings is 1. The van der Waals surface area contributed by atoms with Crippen molar-refractivity contribution in [2.24, 2.45) is 5.92 Å². The molecule has 0 bridgehead atoms. The molecular formula is C24H31N3O4S. The third-order valence-corrected chi connectivity index (χ3v) is 6.80. The van der Waals surface area contributed by atoms with Crippen molar-refractivity contribution in [2.75, 3.05) is 20.2 Å². The average Bonchev–Trinajstić information content (AvgIpc) is 3.37. The second-order valence-corrected chi connectivity index (χ2v) is 9.06. The Hall–Kier alpha value is -2.87. The smallest absolute Gasteiger partial charge is 0.262 e. The number of methoxy groups -OCH3 is 1. The lowest BCUT2D eigenvalue weighted by Crippen LogP contribution is -2.55. The van der Waals surface area contributed by atoms with Crippen LogP contribution in [0.2, 0.25) is 0 Å². The molecule has 1 aliphatic rings. The van der Waals surface area contributed by atoms with Crippen LogP contribution in [0.3, 0.4) is 0 Å². The Kier molecular flexibility index (Phi) is 8.27. The van der Waals surface area contributed by atoms with E-state index in [-0.39, 0.29) is 29.7 Å². The number of amides is 3. The van der Waals surface area contributed by atoms with Gasteiger partial charge in [-0.3, -0.25) is 14.4 Å². The first kappa shape index (κ1) is 23.8. The molecule has 32 heavy (non-hydrogen) atoms. The lowest BCUT2D eigenvalue weighted by Gasteiger charge is -2.36. The Bertz CT molecular complexity index is 923. The van der Waals surface area contributed by atoms with Gasteiger partial charge in [-0.25, -0.2) is 0 Å². The molecule has 3 rings (SSSR count). The highest BCUT2D eigenvalue weighted by Crippen LogP contribution is 2.24. The molecule has 0 aliphatic carbocycles. The monoisotopic (exact) mass is 457 g/mol. The van der Waals surface area contributed by atoms with Crippen LogP contribution in [0, 0.1) is 5.92 Å². The number of hydrogen-bond acceptors (Lipinski definition) is 5. The number of nitrogens with one attached hydrogen (secondary N) is 2. The highest BCUT2D eigenvalue weighted by atomic mass is 32.1. The predicted octanol–water partition coefficient (Wildman–Crippen LogP) is 3.32. The van der Waals surface area contributed by atoms with Crippen LogP contribution >= 0.6 is 11.3 Å². The molecule has 172 valence electrons. The van der Waals surface area contributed by atoms with Gasteiger partial charge in [-0.2, -0.15) is 0 Å². The maximum absolute atomic E-state index is 13.0. The zero-order valence-corrected chi connectivity index (χ0v) is 19.6. The van der Waals surface area contributed by atoms with Gasteiger partial charge in [-0.15, -0.1) is 11.3 Å². The molecule has 2 N–H and O–H groups in total. The molecule has 3 amide bonds. The molecule has 2 aromatic rings. The SMILES string of the molecule is CC[C@@H](C)NC(=O)[C@H](NC(=O)c1cccs1)C1CCN(C(=O)c2cccc(OC)c2)CC1. The maximum Gasteiger partial charge on any atom is 0.262 e.